The first-order valence-corrected chi connectivity index (χ1v) is 6.05. The normalized spacial score (nSPS) is 12.6. The Bertz CT molecular complexity index is 600. The van der Waals surface area contributed by atoms with E-state index in [-0.39, 0.29) is 0 Å². The van der Waals surface area contributed by atoms with Crippen LogP contribution in [0.3, 0.4) is 0 Å². The molecule has 84 valence electrons. The average molecular weight is 243 g/mol. The van der Waals surface area contributed by atoms with Crippen LogP contribution in [0.1, 0.15) is 10.4 Å². The molecular weight excluding hydrogens is 234 g/mol. The molecule has 0 saturated carbocycles. The molecule has 2 aromatic rings. The summed E-state index contributed by atoms with van der Waals surface area (Å²) in [5.74, 6) is 0.965. The molecule has 3 rings (SSSR count). The van der Waals surface area contributed by atoms with Crippen LogP contribution in [0, 0.1) is 11.3 Å². The number of rotatable bonds is 2. The molecule has 1 aliphatic rings. The number of nitrogens with one attached hydrogen (secondary N) is 1. The van der Waals surface area contributed by atoms with Crippen molar-refractivity contribution in [2.75, 3.05) is 11.9 Å². The molecule has 0 aliphatic carbocycles. The van der Waals surface area contributed by atoms with Gasteiger partial charge in [-0.3, -0.25) is 0 Å². The van der Waals surface area contributed by atoms with Crippen molar-refractivity contribution in [3.63, 3.8) is 0 Å². The quantitative estimate of drug-likeness (QED) is 0.881. The Balaban J connectivity index is 1.83. The number of nitriles is 1. The molecule has 1 aromatic carbocycles. The van der Waals surface area contributed by atoms with Gasteiger partial charge in [-0.1, -0.05) is 11.3 Å². The van der Waals surface area contributed by atoms with Crippen molar-refractivity contribution < 1.29 is 4.74 Å². The number of aromatic nitrogens is 1. The van der Waals surface area contributed by atoms with Gasteiger partial charge in [-0.15, -0.1) is 0 Å². The van der Waals surface area contributed by atoms with Gasteiger partial charge in [0.15, 0.2) is 5.13 Å². The Hall–Kier alpha value is -2.06. The maximum absolute atomic E-state index is 8.72. The van der Waals surface area contributed by atoms with Crippen LogP contribution < -0.4 is 10.1 Å². The number of hydrogen-bond acceptors (Lipinski definition) is 5. The van der Waals surface area contributed by atoms with Crippen LogP contribution in [0.25, 0.3) is 0 Å². The summed E-state index contributed by atoms with van der Waals surface area (Å²) in [5, 5.41) is 12.6. The number of nitrogens with zero attached hydrogens (tertiary/aromatic N) is 2. The number of fused-ring (bicyclic) bond motifs is 1. The van der Waals surface area contributed by atoms with Crippen LogP contribution in [0.15, 0.2) is 24.4 Å². The second-order valence-electron chi connectivity index (χ2n) is 3.69. The van der Waals surface area contributed by atoms with Crippen molar-refractivity contribution in [2.24, 2.45) is 0 Å². The van der Waals surface area contributed by atoms with E-state index in [1.165, 1.54) is 16.9 Å². The first kappa shape index (κ1) is 10.1. The summed E-state index contributed by atoms with van der Waals surface area (Å²) >= 11 is 1.35. The van der Waals surface area contributed by atoms with Crippen LogP contribution in [0.5, 0.6) is 5.75 Å². The smallest absolute Gasteiger partial charge is 0.188 e. The van der Waals surface area contributed by atoms with Gasteiger partial charge in [0.05, 0.1) is 12.8 Å². The molecule has 2 heterocycles. The molecule has 0 bridgehead atoms. The second kappa shape index (κ2) is 4.07. The lowest BCUT2D eigenvalue weighted by Crippen LogP contribution is -1.89. The lowest BCUT2D eigenvalue weighted by Gasteiger charge is -2.04. The summed E-state index contributed by atoms with van der Waals surface area (Å²) in [6, 6.07) is 8.05. The SMILES string of the molecule is N#Cc1cnc(Nc2ccc3c(c2)CCO3)s1. The Kier molecular flexibility index (Phi) is 2.42. The van der Waals surface area contributed by atoms with Crippen molar-refractivity contribution in [3.05, 3.63) is 34.8 Å². The van der Waals surface area contributed by atoms with Crippen molar-refractivity contribution in [3.8, 4) is 11.8 Å². The third-order valence-corrected chi connectivity index (χ3v) is 3.37. The van der Waals surface area contributed by atoms with Gasteiger partial charge >= 0.3 is 0 Å². The summed E-state index contributed by atoms with van der Waals surface area (Å²) in [5.41, 5.74) is 2.19. The van der Waals surface area contributed by atoms with Crippen LogP contribution in [0.2, 0.25) is 0 Å². The van der Waals surface area contributed by atoms with Crippen LogP contribution >= 0.6 is 11.3 Å². The Morgan fingerprint density at radius 1 is 1.47 bits per heavy atom. The Morgan fingerprint density at radius 2 is 2.41 bits per heavy atom. The first-order valence-electron chi connectivity index (χ1n) is 5.24. The third-order valence-electron chi connectivity index (χ3n) is 2.56. The van der Waals surface area contributed by atoms with E-state index in [0.717, 1.165) is 29.6 Å². The van der Waals surface area contributed by atoms with E-state index in [4.69, 9.17) is 10.00 Å². The van der Waals surface area contributed by atoms with Crippen molar-refractivity contribution in [1.29, 1.82) is 5.26 Å². The minimum absolute atomic E-state index is 0.608. The topological polar surface area (TPSA) is 57.9 Å². The first-order chi connectivity index (χ1) is 8.35. The standard InChI is InChI=1S/C12H9N3OS/c13-6-10-7-14-12(17-10)15-9-1-2-11-8(5-9)3-4-16-11/h1-2,5,7H,3-4H2,(H,14,15). The molecule has 0 saturated heterocycles. The fraction of sp³-hybridized carbons (Fsp3) is 0.167. The number of thiazole rings is 1. The lowest BCUT2D eigenvalue weighted by molar-refractivity contribution is 0.357. The highest BCUT2D eigenvalue weighted by Gasteiger charge is 2.12. The molecule has 0 amide bonds. The molecule has 0 spiro atoms. The second-order valence-corrected chi connectivity index (χ2v) is 4.72. The zero-order valence-electron chi connectivity index (χ0n) is 8.93. The van der Waals surface area contributed by atoms with Crippen LogP contribution in [0.4, 0.5) is 10.8 Å². The van der Waals surface area contributed by atoms with Gasteiger partial charge in [-0.25, -0.2) is 4.98 Å². The predicted octanol–water partition coefficient (Wildman–Crippen LogP) is 2.69. The van der Waals surface area contributed by atoms with E-state index in [2.05, 4.69) is 22.4 Å². The molecule has 0 radical (unpaired) electrons. The molecule has 4 nitrogen and oxygen atoms in total. The lowest BCUT2D eigenvalue weighted by atomic mass is 10.1. The van der Waals surface area contributed by atoms with E-state index in [1.54, 1.807) is 6.20 Å². The molecule has 17 heavy (non-hydrogen) atoms. The van der Waals surface area contributed by atoms with Gasteiger partial charge in [-0.2, -0.15) is 5.26 Å². The molecule has 0 atom stereocenters. The number of anilines is 2. The third kappa shape index (κ3) is 1.95. The highest BCUT2D eigenvalue weighted by Crippen LogP contribution is 2.30. The molecule has 0 fully saturated rings. The monoisotopic (exact) mass is 243 g/mol. The van der Waals surface area contributed by atoms with Gasteiger partial charge in [0.2, 0.25) is 0 Å². The zero-order valence-corrected chi connectivity index (χ0v) is 9.75. The van der Waals surface area contributed by atoms with Gasteiger partial charge in [0.1, 0.15) is 16.7 Å². The Morgan fingerprint density at radius 3 is 3.24 bits per heavy atom. The predicted molar refractivity (Wildman–Crippen MR) is 65.8 cm³/mol. The summed E-state index contributed by atoms with van der Waals surface area (Å²) in [6.07, 6.45) is 2.52. The van der Waals surface area contributed by atoms with E-state index in [9.17, 15) is 0 Å². The van der Waals surface area contributed by atoms with E-state index in [1.807, 2.05) is 12.1 Å². The van der Waals surface area contributed by atoms with E-state index >= 15 is 0 Å². The summed E-state index contributed by atoms with van der Waals surface area (Å²) in [7, 11) is 0. The van der Waals surface area contributed by atoms with Crippen LogP contribution in [-0.4, -0.2) is 11.6 Å². The maximum Gasteiger partial charge on any atom is 0.188 e. The molecule has 1 aromatic heterocycles. The zero-order chi connectivity index (χ0) is 11.7. The van der Waals surface area contributed by atoms with Gasteiger partial charge < -0.3 is 10.1 Å². The van der Waals surface area contributed by atoms with E-state index in [0.29, 0.717) is 4.88 Å². The maximum atomic E-state index is 8.72. The molecule has 1 aliphatic heterocycles. The minimum atomic E-state index is 0.608. The van der Waals surface area contributed by atoms with Crippen LogP contribution in [-0.2, 0) is 6.42 Å². The fourth-order valence-corrected chi connectivity index (χ4v) is 2.41. The van der Waals surface area contributed by atoms with Crippen molar-refractivity contribution >= 4 is 22.2 Å². The van der Waals surface area contributed by atoms with Gasteiger partial charge in [0.25, 0.3) is 0 Å². The fourth-order valence-electron chi connectivity index (χ4n) is 1.77. The largest absolute Gasteiger partial charge is 0.493 e. The summed E-state index contributed by atoms with van der Waals surface area (Å²) in [6.45, 7) is 0.759. The Labute approximate surface area is 102 Å². The number of hydrogen-bond donors (Lipinski definition) is 1. The van der Waals surface area contributed by atoms with E-state index < -0.39 is 0 Å². The number of benzene rings is 1. The summed E-state index contributed by atoms with van der Waals surface area (Å²) < 4.78 is 5.44. The van der Waals surface area contributed by atoms with Crippen molar-refractivity contribution in [1.82, 2.24) is 4.98 Å². The van der Waals surface area contributed by atoms with Gasteiger partial charge in [-0.05, 0) is 23.8 Å². The average Bonchev–Trinajstić information content (AvgIpc) is 2.96. The molecule has 0 unspecified atom stereocenters. The highest BCUT2D eigenvalue weighted by atomic mass is 32.1. The van der Waals surface area contributed by atoms with Crippen molar-refractivity contribution in [2.45, 2.75) is 6.42 Å². The minimum Gasteiger partial charge on any atom is -0.493 e. The molecule has 1 N–H and O–H groups in total. The molecular formula is C12H9N3OS. The number of ether oxygens (including phenoxy) is 1. The summed E-state index contributed by atoms with van der Waals surface area (Å²) in [4.78, 5) is 4.74. The van der Waals surface area contributed by atoms with Gasteiger partial charge in [0, 0.05) is 12.1 Å². The highest BCUT2D eigenvalue weighted by molar-refractivity contribution is 7.16. The molecule has 5 heteroatoms.